The summed E-state index contributed by atoms with van der Waals surface area (Å²) >= 11 is 0. The number of alkyl halides is 3. The number of hydrogen-bond donors (Lipinski definition) is 1. The number of halogens is 3. The normalized spacial score (nSPS) is 15.3. The lowest BCUT2D eigenvalue weighted by Gasteiger charge is -2.25. The molecule has 0 saturated heterocycles. The summed E-state index contributed by atoms with van der Waals surface area (Å²) in [5.74, 6) is 0. The van der Waals surface area contributed by atoms with Gasteiger partial charge < -0.3 is 5.11 Å². The van der Waals surface area contributed by atoms with E-state index in [0.29, 0.717) is 6.42 Å². The summed E-state index contributed by atoms with van der Waals surface area (Å²) < 4.78 is 37.1. The molecule has 0 radical (unpaired) electrons. The summed E-state index contributed by atoms with van der Waals surface area (Å²) in [7, 11) is 0. The van der Waals surface area contributed by atoms with Crippen LogP contribution in [-0.4, -0.2) is 17.0 Å². The van der Waals surface area contributed by atoms with Crippen LogP contribution in [0.15, 0.2) is 5.11 Å². The van der Waals surface area contributed by atoms with Gasteiger partial charge in [-0.1, -0.05) is 39.0 Å². The molecule has 0 spiro atoms. The van der Waals surface area contributed by atoms with Crippen LogP contribution in [0.3, 0.4) is 0 Å². The zero-order chi connectivity index (χ0) is 12.7. The lowest BCUT2D eigenvalue weighted by molar-refractivity contribution is -0.260. The van der Waals surface area contributed by atoms with Gasteiger partial charge in [0.1, 0.15) is 0 Å². The first kappa shape index (κ1) is 15.1. The van der Waals surface area contributed by atoms with Crippen LogP contribution in [0.4, 0.5) is 13.2 Å². The molecule has 0 aromatic heterocycles. The Balaban J connectivity index is 4.20. The third-order valence-electron chi connectivity index (χ3n) is 2.29. The highest BCUT2D eigenvalue weighted by Gasteiger charge is 2.52. The Morgan fingerprint density at radius 1 is 1.19 bits per heavy atom. The minimum atomic E-state index is -4.91. The first-order valence-corrected chi connectivity index (χ1v) is 5.22. The van der Waals surface area contributed by atoms with Gasteiger partial charge >= 0.3 is 6.18 Å². The maximum atomic E-state index is 12.4. The average Bonchev–Trinajstić information content (AvgIpc) is 2.16. The molecule has 0 fully saturated rings. The Morgan fingerprint density at radius 2 is 1.75 bits per heavy atom. The monoisotopic (exact) mass is 239 g/mol. The largest absolute Gasteiger partial charge is 0.423 e. The quantitative estimate of drug-likeness (QED) is 0.311. The summed E-state index contributed by atoms with van der Waals surface area (Å²) in [4.78, 5) is 2.04. The highest BCUT2D eigenvalue weighted by molar-refractivity contribution is 4.84. The van der Waals surface area contributed by atoms with Crippen LogP contribution < -0.4 is 0 Å². The molecule has 0 aromatic rings. The van der Waals surface area contributed by atoms with E-state index in [1.807, 2.05) is 11.8 Å². The fourth-order valence-corrected chi connectivity index (χ4v) is 1.30. The second-order valence-electron chi connectivity index (χ2n) is 3.67. The Bertz CT molecular complexity index is 251. The van der Waals surface area contributed by atoms with Crippen LogP contribution in [0.25, 0.3) is 10.4 Å². The van der Waals surface area contributed by atoms with E-state index in [2.05, 4.69) is 5.11 Å². The SMILES string of the molecule is CCCCCCCC(O)(N=[N+]=[N-])C(F)(F)F. The van der Waals surface area contributed by atoms with Crippen molar-refractivity contribution >= 4 is 0 Å². The Hall–Kier alpha value is -0.940. The topological polar surface area (TPSA) is 69.0 Å². The number of rotatable bonds is 7. The van der Waals surface area contributed by atoms with E-state index in [4.69, 9.17) is 10.6 Å². The van der Waals surface area contributed by atoms with Gasteiger partial charge in [0.15, 0.2) is 0 Å². The van der Waals surface area contributed by atoms with Crippen molar-refractivity contribution < 1.29 is 18.3 Å². The van der Waals surface area contributed by atoms with Crippen LogP contribution in [0.1, 0.15) is 45.4 Å². The van der Waals surface area contributed by atoms with Crippen molar-refractivity contribution in [2.75, 3.05) is 0 Å². The van der Waals surface area contributed by atoms with Gasteiger partial charge in [-0.15, -0.1) is 0 Å². The summed E-state index contributed by atoms with van der Waals surface area (Å²) in [6, 6.07) is 0. The van der Waals surface area contributed by atoms with Crippen molar-refractivity contribution in [3.05, 3.63) is 10.4 Å². The minimum Gasteiger partial charge on any atom is -0.376 e. The van der Waals surface area contributed by atoms with Crippen LogP contribution in [0.5, 0.6) is 0 Å². The Labute approximate surface area is 92.1 Å². The van der Waals surface area contributed by atoms with Gasteiger partial charge in [0, 0.05) is 4.91 Å². The van der Waals surface area contributed by atoms with E-state index < -0.39 is 18.3 Å². The molecule has 0 aliphatic heterocycles. The van der Waals surface area contributed by atoms with E-state index in [1.54, 1.807) is 0 Å². The van der Waals surface area contributed by atoms with E-state index in [9.17, 15) is 13.2 Å². The molecule has 0 rings (SSSR count). The molecule has 1 unspecified atom stereocenters. The molecule has 0 saturated carbocycles. The first-order valence-electron chi connectivity index (χ1n) is 5.22. The molecular weight excluding hydrogens is 223 g/mol. The molecular formula is C9H16F3N3O. The molecule has 0 amide bonds. The molecule has 4 nitrogen and oxygen atoms in total. The molecule has 1 atom stereocenters. The fourth-order valence-electron chi connectivity index (χ4n) is 1.30. The van der Waals surface area contributed by atoms with Crippen LogP contribution in [0, 0.1) is 0 Å². The molecule has 0 aliphatic carbocycles. The van der Waals surface area contributed by atoms with Crippen molar-refractivity contribution in [1.82, 2.24) is 0 Å². The number of azide groups is 1. The van der Waals surface area contributed by atoms with Crippen molar-refractivity contribution in [3.8, 4) is 0 Å². The Kier molecular flexibility index (Phi) is 6.21. The third kappa shape index (κ3) is 4.72. The van der Waals surface area contributed by atoms with E-state index in [1.165, 1.54) is 0 Å². The summed E-state index contributed by atoms with van der Waals surface area (Å²) in [6.07, 6.45) is -1.96. The molecule has 1 N–H and O–H groups in total. The van der Waals surface area contributed by atoms with Crippen molar-refractivity contribution in [2.45, 2.75) is 57.3 Å². The third-order valence-corrected chi connectivity index (χ3v) is 2.29. The maximum absolute atomic E-state index is 12.4. The van der Waals surface area contributed by atoms with Crippen molar-refractivity contribution in [1.29, 1.82) is 0 Å². The minimum absolute atomic E-state index is 0.190. The molecule has 94 valence electrons. The molecule has 0 heterocycles. The van der Waals surface area contributed by atoms with E-state index in [0.717, 1.165) is 19.3 Å². The molecule has 0 bridgehead atoms. The zero-order valence-corrected chi connectivity index (χ0v) is 9.17. The number of aliphatic hydroxyl groups is 1. The predicted molar refractivity (Wildman–Crippen MR) is 53.5 cm³/mol. The summed E-state index contributed by atoms with van der Waals surface area (Å²) in [5.41, 5.74) is 4.75. The number of nitrogens with zero attached hydrogens (tertiary/aromatic N) is 3. The Morgan fingerprint density at radius 3 is 2.19 bits per heavy atom. The average molecular weight is 239 g/mol. The standard InChI is InChI=1S/C9H16F3N3O/c1-2-3-4-5-6-7-8(16,14-15-13)9(10,11)12/h16H,2-7H2,1H3. The highest BCUT2D eigenvalue weighted by Crippen LogP contribution is 2.35. The van der Waals surface area contributed by atoms with Gasteiger partial charge in [0.05, 0.1) is 0 Å². The highest BCUT2D eigenvalue weighted by atomic mass is 19.4. The van der Waals surface area contributed by atoms with Gasteiger partial charge in [-0.3, -0.25) is 0 Å². The van der Waals surface area contributed by atoms with Crippen molar-refractivity contribution in [3.63, 3.8) is 0 Å². The molecule has 7 heteroatoms. The summed E-state index contributed by atoms with van der Waals surface area (Å²) in [5, 5.41) is 11.6. The van der Waals surface area contributed by atoms with Gasteiger partial charge in [0.2, 0.25) is 5.72 Å². The predicted octanol–water partition coefficient (Wildman–Crippen LogP) is 3.91. The summed E-state index contributed by atoms with van der Waals surface area (Å²) in [6.45, 7) is 1.99. The lowest BCUT2D eigenvalue weighted by atomic mass is 10.0. The second kappa shape index (κ2) is 6.60. The fraction of sp³-hybridized carbons (Fsp3) is 1.00. The van der Waals surface area contributed by atoms with Crippen LogP contribution in [-0.2, 0) is 0 Å². The van der Waals surface area contributed by atoms with E-state index in [-0.39, 0.29) is 6.42 Å². The number of hydrogen-bond acceptors (Lipinski definition) is 2. The van der Waals surface area contributed by atoms with Gasteiger partial charge in [-0.2, -0.15) is 13.2 Å². The van der Waals surface area contributed by atoms with Crippen LogP contribution >= 0.6 is 0 Å². The van der Waals surface area contributed by atoms with E-state index >= 15 is 0 Å². The van der Waals surface area contributed by atoms with Gasteiger partial charge in [-0.25, -0.2) is 0 Å². The smallest absolute Gasteiger partial charge is 0.376 e. The van der Waals surface area contributed by atoms with Crippen molar-refractivity contribution in [2.24, 2.45) is 5.11 Å². The lowest BCUT2D eigenvalue weighted by Crippen LogP contribution is -2.42. The molecule has 0 aromatic carbocycles. The molecule has 16 heavy (non-hydrogen) atoms. The maximum Gasteiger partial charge on any atom is 0.423 e. The second-order valence-corrected chi connectivity index (χ2v) is 3.67. The van der Waals surface area contributed by atoms with Gasteiger partial charge in [-0.05, 0) is 17.1 Å². The zero-order valence-electron chi connectivity index (χ0n) is 9.17. The van der Waals surface area contributed by atoms with Crippen LogP contribution in [0.2, 0.25) is 0 Å². The first-order chi connectivity index (χ1) is 7.37. The number of unbranched alkanes of at least 4 members (excludes halogenated alkanes) is 4. The molecule has 0 aliphatic rings. The van der Waals surface area contributed by atoms with Gasteiger partial charge in [0.25, 0.3) is 0 Å².